The fourth-order valence-electron chi connectivity index (χ4n) is 7.69. The molecule has 4 aromatic rings. The lowest BCUT2D eigenvalue weighted by Crippen LogP contribution is -2.39. The van der Waals surface area contributed by atoms with Gasteiger partial charge in [0.1, 0.15) is 5.75 Å². The van der Waals surface area contributed by atoms with E-state index in [1.165, 1.54) is 5.56 Å². The van der Waals surface area contributed by atoms with Crippen LogP contribution in [0.25, 0.3) is 11.0 Å². The Morgan fingerprint density at radius 2 is 1.78 bits per heavy atom. The molecule has 0 N–H and O–H groups in total. The molecule has 1 aromatic heterocycles. The summed E-state index contributed by atoms with van der Waals surface area (Å²) in [6.45, 7) is 11.9. The zero-order valence-electron chi connectivity index (χ0n) is 28.8. The number of rotatable bonds is 12. The van der Waals surface area contributed by atoms with E-state index in [0.717, 1.165) is 81.2 Å². The monoisotopic (exact) mass is 664 g/mol. The van der Waals surface area contributed by atoms with Gasteiger partial charge in [0, 0.05) is 51.3 Å². The fourth-order valence-corrected chi connectivity index (χ4v) is 7.69. The van der Waals surface area contributed by atoms with Crippen molar-refractivity contribution in [2.24, 2.45) is 10.3 Å². The number of hydrogen-bond acceptors (Lipinski definition) is 9. The van der Waals surface area contributed by atoms with E-state index in [9.17, 15) is 4.79 Å². The summed E-state index contributed by atoms with van der Waals surface area (Å²) in [6, 6.07) is 24.9. The van der Waals surface area contributed by atoms with Crippen LogP contribution >= 0.6 is 0 Å². The lowest BCUT2D eigenvalue weighted by atomic mass is 9.76. The first kappa shape index (κ1) is 33.0. The van der Waals surface area contributed by atoms with Crippen molar-refractivity contribution in [2.45, 2.75) is 38.1 Å². The first-order valence-electron chi connectivity index (χ1n) is 17.8. The van der Waals surface area contributed by atoms with Crippen LogP contribution in [-0.4, -0.2) is 104 Å². The summed E-state index contributed by atoms with van der Waals surface area (Å²) < 4.78 is 13.7. The number of nitrogens with zero attached hydrogens (tertiary/aromatic N) is 8. The summed E-state index contributed by atoms with van der Waals surface area (Å²) in [5.74, 6) is 1.63. The number of fused-ring (bicyclic) bond motifs is 1. The highest BCUT2D eigenvalue weighted by Crippen LogP contribution is 2.40. The van der Waals surface area contributed by atoms with Gasteiger partial charge in [0.25, 0.3) is 5.91 Å². The Labute approximate surface area is 289 Å². The van der Waals surface area contributed by atoms with Crippen LogP contribution in [0.5, 0.6) is 5.75 Å². The molecular formula is C38H48N8O3. The molecule has 1 amide bonds. The number of ether oxygens (including phenoxy) is 2. The molecule has 1 atom stereocenters. The molecule has 3 aromatic carbocycles. The van der Waals surface area contributed by atoms with Gasteiger partial charge in [0.05, 0.1) is 49.1 Å². The van der Waals surface area contributed by atoms with Crippen LogP contribution in [0.3, 0.4) is 0 Å². The predicted molar refractivity (Wildman–Crippen MR) is 193 cm³/mol. The quantitative estimate of drug-likeness (QED) is 0.181. The number of carbonyl (C=O) groups excluding carboxylic acids is 1. The highest BCUT2D eigenvalue weighted by atomic mass is 16.5. The summed E-state index contributed by atoms with van der Waals surface area (Å²) >= 11 is 0. The Bertz CT molecular complexity index is 1760. The molecule has 0 spiro atoms. The Morgan fingerprint density at radius 1 is 0.918 bits per heavy atom. The van der Waals surface area contributed by atoms with Gasteiger partial charge < -0.3 is 28.7 Å². The number of likely N-dealkylation sites (tertiary alicyclic amines) is 1. The summed E-state index contributed by atoms with van der Waals surface area (Å²) in [5, 5.41) is 10.2. The van der Waals surface area contributed by atoms with E-state index >= 15 is 0 Å². The van der Waals surface area contributed by atoms with Gasteiger partial charge in [-0.25, -0.2) is 9.99 Å². The van der Waals surface area contributed by atoms with E-state index < -0.39 is 0 Å². The largest absolute Gasteiger partial charge is 0.496 e. The van der Waals surface area contributed by atoms with E-state index in [1.807, 2.05) is 35.0 Å². The molecule has 0 aliphatic carbocycles. The second-order valence-electron chi connectivity index (χ2n) is 13.3. The van der Waals surface area contributed by atoms with Crippen molar-refractivity contribution < 1.29 is 14.3 Å². The molecule has 2 saturated heterocycles. The summed E-state index contributed by atoms with van der Waals surface area (Å²) in [6.07, 6.45) is 2.98. The van der Waals surface area contributed by atoms with E-state index in [2.05, 4.69) is 79.3 Å². The molecule has 3 aliphatic heterocycles. The van der Waals surface area contributed by atoms with Crippen LogP contribution in [0.1, 0.15) is 42.1 Å². The lowest BCUT2D eigenvalue weighted by Gasteiger charge is -2.33. The maximum absolute atomic E-state index is 14.2. The molecule has 2 fully saturated rings. The second kappa shape index (κ2) is 15.0. The third-order valence-electron chi connectivity index (χ3n) is 10.4. The van der Waals surface area contributed by atoms with E-state index in [4.69, 9.17) is 14.5 Å². The van der Waals surface area contributed by atoms with Crippen molar-refractivity contribution in [1.29, 1.82) is 0 Å². The number of aromatic nitrogens is 2. The summed E-state index contributed by atoms with van der Waals surface area (Å²) in [4.78, 5) is 26.3. The smallest absolute Gasteiger partial charge is 0.257 e. The number of para-hydroxylation sites is 2. The van der Waals surface area contributed by atoms with E-state index in [-0.39, 0.29) is 11.3 Å². The Kier molecular flexibility index (Phi) is 10.1. The molecule has 0 saturated carbocycles. The number of methoxy groups -OCH3 is 1. The molecular weight excluding hydrogens is 616 g/mol. The molecule has 3 aliphatic rings. The van der Waals surface area contributed by atoms with Crippen LogP contribution in [0.4, 0.5) is 11.6 Å². The van der Waals surface area contributed by atoms with Gasteiger partial charge in [-0.2, -0.15) is 5.11 Å². The average Bonchev–Trinajstić information content (AvgIpc) is 3.88. The van der Waals surface area contributed by atoms with Gasteiger partial charge in [0.15, 0.2) is 0 Å². The number of carbonyl (C=O) groups is 1. The normalized spacial score (nSPS) is 20.0. The number of anilines is 2. The van der Waals surface area contributed by atoms with Crippen molar-refractivity contribution >= 4 is 28.6 Å². The highest BCUT2D eigenvalue weighted by molar-refractivity contribution is 5.98. The molecule has 49 heavy (non-hydrogen) atoms. The van der Waals surface area contributed by atoms with Gasteiger partial charge >= 0.3 is 0 Å². The standard InChI is InChI=1S/C38H48N8O3/c1-3-49-27-26-45-34-13-8-7-12-33(34)40-37(45)43-20-9-19-42(24-25-43)21-16-38(30-10-5-4-6-11-30)17-22-44(29-38)36(47)32-28-31(14-15-35(32)48-2)46-23-18-39-41-46/h4-8,10-15,28H,3,9,16-27,29H2,1-2H3. The maximum atomic E-state index is 14.2. The third-order valence-corrected chi connectivity index (χ3v) is 10.4. The third kappa shape index (κ3) is 7.00. The van der Waals surface area contributed by atoms with E-state index in [0.29, 0.717) is 50.7 Å². The first-order valence-corrected chi connectivity index (χ1v) is 17.8. The second-order valence-corrected chi connectivity index (χ2v) is 13.3. The minimum atomic E-state index is -0.121. The molecule has 11 heteroatoms. The van der Waals surface area contributed by atoms with Crippen molar-refractivity contribution in [2.75, 3.05) is 89.1 Å². The van der Waals surface area contributed by atoms with Crippen LogP contribution in [-0.2, 0) is 16.7 Å². The van der Waals surface area contributed by atoms with Crippen LogP contribution in [0, 0.1) is 0 Å². The number of imidazole rings is 1. The maximum Gasteiger partial charge on any atom is 0.257 e. The molecule has 258 valence electrons. The molecule has 0 radical (unpaired) electrons. The van der Waals surface area contributed by atoms with Gasteiger partial charge in [-0.1, -0.05) is 47.7 Å². The van der Waals surface area contributed by atoms with Crippen LogP contribution in [0.2, 0.25) is 0 Å². The molecule has 1 unspecified atom stereocenters. The van der Waals surface area contributed by atoms with Gasteiger partial charge in [-0.3, -0.25) is 4.79 Å². The number of benzene rings is 3. The highest BCUT2D eigenvalue weighted by Gasteiger charge is 2.42. The predicted octanol–water partition coefficient (Wildman–Crippen LogP) is 5.65. The molecule has 4 heterocycles. The molecule has 0 bridgehead atoms. The summed E-state index contributed by atoms with van der Waals surface area (Å²) in [7, 11) is 1.62. The average molecular weight is 665 g/mol. The minimum Gasteiger partial charge on any atom is -0.496 e. The number of amides is 1. The Hall–Kier alpha value is -4.48. The Balaban J connectivity index is 1.05. The minimum absolute atomic E-state index is 0.00489. The van der Waals surface area contributed by atoms with Gasteiger partial charge in [0.2, 0.25) is 5.95 Å². The van der Waals surface area contributed by atoms with Gasteiger partial charge in [-0.15, -0.1) is 0 Å². The Morgan fingerprint density at radius 3 is 2.59 bits per heavy atom. The van der Waals surface area contributed by atoms with Crippen molar-refractivity contribution in [3.8, 4) is 5.75 Å². The number of hydrogen-bond donors (Lipinski definition) is 0. The van der Waals surface area contributed by atoms with Crippen LogP contribution < -0.4 is 14.6 Å². The SMILES string of the molecule is CCOCCn1c(N2CCCN(CCC3(c4ccccc4)CCN(C(=O)c4cc(N5CCN=N5)ccc4OC)C3)CC2)nc2ccccc21. The summed E-state index contributed by atoms with van der Waals surface area (Å²) in [5.41, 5.74) is 4.82. The fraction of sp³-hybridized carbons (Fsp3) is 0.474. The molecule has 7 rings (SSSR count). The van der Waals surface area contributed by atoms with Gasteiger partial charge in [-0.05, 0) is 75.2 Å². The van der Waals surface area contributed by atoms with Crippen molar-refractivity contribution in [3.63, 3.8) is 0 Å². The van der Waals surface area contributed by atoms with E-state index in [1.54, 1.807) is 7.11 Å². The topological polar surface area (TPSA) is 91.0 Å². The zero-order chi connectivity index (χ0) is 33.6. The van der Waals surface area contributed by atoms with Crippen LogP contribution in [0.15, 0.2) is 83.1 Å². The first-order chi connectivity index (χ1) is 24.1. The zero-order valence-corrected chi connectivity index (χ0v) is 28.8. The van der Waals surface area contributed by atoms with Crippen molar-refractivity contribution in [3.05, 3.63) is 83.9 Å². The molecule has 11 nitrogen and oxygen atoms in total. The van der Waals surface area contributed by atoms with Crippen molar-refractivity contribution in [1.82, 2.24) is 19.4 Å². The lowest BCUT2D eigenvalue weighted by molar-refractivity contribution is 0.0777.